The van der Waals surface area contributed by atoms with E-state index in [1.807, 2.05) is 6.92 Å². The highest BCUT2D eigenvalue weighted by Crippen LogP contribution is 2.19. The van der Waals surface area contributed by atoms with Crippen LogP contribution < -0.4 is 11.1 Å². The zero-order valence-corrected chi connectivity index (χ0v) is 18.8. The van der Waals surface area contributed by atoms with E-state index < -0.39 is 9.84 Å². The Morgan fingerprint density at radius 1 is 1.33 bits per heavy atom. The fourth-order valence-corrected chi connectivity index (χ4v) is 4.29. The first-order valence-corrected chi connectivity index (χ1v) is 10.7. The maximum absolute atomic E-state index is 12.4. The number of nitrogens with two attached hydrogens (primary N) is 1. The molecule has 2 rings (SSSR count). The number of benzene rings is 1. The average Bonchev–Trinajstić information content (AvgIpc) is 2.61. The van der Waals surface area contributed by atoms with Gasteiger partial charge in [-0.2, -0.15) is 0 Å². The van der Waals surface area contributed by atoms with Crippen molar-refractivity contribution in [3.63, 3.8) is 0 Å². The number of amides is 1. The maximum atomic E-state index is 12.4. The molecule has 1 aliphatic rings. The number of piperidine rings is 1. The summed E-state index contributed by atoms with van der Waals surface area (Å²) in [6, 6.07) is 8.42. The van der Waals surface area contributed by atoms with Crippen molar-refractivity contribution in [2.75, 3.05) is 31.9 Å². The van der Waals surface area contributed by atoms with Gasteiger partial charge in [0.1, 0.15) is 0 Å². The number of nitrogens with zero attached hydrogens (tertiary/aromatic N) is 2. The summed E-state index contributed by atoms with van der Waals surface area (Å²) >= 11 is 0. The summed E-state index contributed by atoms with van der Waals surface area (Å²) in [6.07, 6.45) is 2.31. The quantitative estimate of drug-likeness (QED) is 0.331. The SMILES string of the molecule is CCNC(=NCCS(=O)(=O)c1ccccc1)N1CCCC(CC(N)=O)C1.I. The van der Waals surface area contributed by atoms with Gasteiger partial charge in [-0.05, 0) is 37.8 Å². The normalized spacial score (nSPS) is 17.9. The van der Waals surface area contributed by atoms with E-state index in [1.54, 1.807) is 30.3 Å². The molecule has 1 aromatic carbocycles. The molecule has 9 heteroatoms. The number of aliphatic imine (C=N–C) groups is 1. The molecule has 3 N–H and O–H groups in total. The molecule has 27 heavy (non-hydrogen) atoms. The number of carbonyl (C=O) groups excluding carboxylic acids is 1. The Hall–Kier alpha value is -1.36. The summed E-state index contributed by atoms with van der Waals surface area (Å²) < 4.78 is 24.7. The Morgan fingerprint density at radius 2 is 2.04 bits per heavy atom. The highest BCUT2D eigenvalue weighted by atomic mass is 127. The van der Waals surface area contributed by atoms with Crippen LogP contribution in [0.5, 0.6) is 0 Å². The highest BCUT2D eigenvalue weighted by Gasteiger charge is 2.23. The Labute approximate surface area is 178 Å². The molecule has 1 aromatic rings. The van der Waals surface area contributed by atoms with Crippen LogP contribution in [0, 0.1) is 5.92 Å². The van der Waals surface area contributed by atoms with Crippen molar-refractivity contribution < 1.29 is 13.2 Å². The van der Waals surface area contributed by atoms with Gasteiger partial charge in [-0.25, -0.2) is 8.42 Å². The molecule has 152 valence electrons. The van der Waals surface area contributed by atoms with E-state index in [4.69, 9.17) is 5.73 Å². The minimum absolute atomic E-state index is 0. The molecule has 0 saturated carbocycles. The zero-order chi connectivity index (χ0) is 19.0. The summed E-state index contributed by atoms with van der Waals surface area (Å²) in [5.74, 6) is 0.598. The molecular weight excluding hydrogens is 479 g/mol. The second-order valence-corrected chi connectivity index (χ2v) is 8.60. The zero-order valence-electron chi connectivity index (χ0n) is 15.6. The number of rotatable bonds is 7. The molecule has 1 aliphatic heterocycles. The molecule has 1 saturated heterocycles. The summed E-state index contributed by atoms with van der Waals surface area (Å²) in [4.78, 5) is 18.1. The van der Waals surface area contributed by atoms with E-state index in [-0.39, 0.29) is 48.1 Å². The molecule has 0 spiro atoms. The van der Waals surface area contributed by atoms with Gasteiger partial charge in [0.05, 0.1) is 17.2 Å². The van der Waals surface area contributed by atoms with Crippen molar-refractivity contribution >= 4 is 45.7 Å². The van der Waals surface area contributed by atoms with Gasteiger partial charge in [-0.15, -0.1) is 24.0 Å². The standard InChI is InChI=1S/C18H28N4O3S.HI/c1-2-20-18(22-11-6-7-15(14-22)13-17(19)23)21-10-12-26(24,25)16-8-4-3-5-9-16;/h3-5,8-9,15H,2,6-7,10-14H2,1H3,(H2,19,23)(H,20,21);1H. The lowest BCUT2D eigenvalue weighted by Crippen LogP contribution is -2.47. The molecule has 0 radical (unpaired) electrons. The van der Waals surface area contributed by atoms with Crippen LogP contribution in [0.1, 0.15) is 26.2 Å². The number of nitrogens with one attached hydrogen (secondary N) is 1. The third-order valence-electron chi connectivity index (χ3n) is 4.37. The third kappa shape index (κ3) is 7.65. The predicted octanol–water partition coefficient (Wildman–Crippen LogP) is 1.63. The fraction of sp³-hybridized carbons (Fsp3) is 0.556. The molecule has 1 amide bonds. The van der Waals surface area contributed by atoms with Crippen LogP contribution in [-0.2, 0) is 14.6 Å². The van der Waals surface area contributed by atoms with E-state index >= 15 is 0 Å². The van der Waals surface area contributed by atoms with E-state index in [9.17, 15) is 13.2 Å². The van der Waals surface area contributed by atoms with Crippen LogP contribution >= 0.6 is 24.0 Å². The van der Waals surface area contributed by atoms with Gasteiger partial charge < -0.3 is 16.0 Å². The number of carbonyl (C=O) groups is 1. The minimum atomic E-state index is -3.34. The highest BCUT2D eigenvalue weighted by molar-refractivity contribution is 14.0. The van der Waals surface area contributed by atoms with Gasteiger partial charge in [0.25, 0.3) is 0 Å². The number of likely N-dealkylation sites (tertiary alicyclic amines) is 1. The summed E-state index contributed by atoms with van der Waals surface area (Å²) in [5, 5.41) is 3.22. The van der Waals surface area contributed by atoms with Crippen molar-refractivity contribution in [1.82, 2.24) is 10.2 Å². The Morgan fingerprint density at radius 3 is 2.67 bits per heavy atom. The molecular formula is C18H29IN4O3S. The summed E-state index contributed by atoms with van der Waals surface area (Å²) in [7, 11) is -3.34. The van der Waals surface area contributed by atoms with Crippen molar-refractivity contribution in [1.29, 1.82) is 0 Å². The average molecular weight is 508 g/mol. The number of hydrogen-bond donors (Lipinski definition) is 2. The van der Waals surface area contributed by atoms with Gasteiger partial charge in [-0.3, -0.25) is 9.79 Å². The number of guanidine groups is 1. The molecule has 0 bridgehead atoms. The number of sulfone groups is 1. The number of hydrogen-bond acceptors (Lipinski definition) is 4. The minimum Gasteiger partial charge on any atom is -0.370 e. The topological polar surface area (TPSA) is 105 Å². The number of primary amides is 1. The lowest BCUT2D eigenvalue weighted by Gasteiger charge is -2.34. The number of halogens is 1. The first-order valence-electron chi connectivity index (χ1n) is 9.01. The van der Waals surface area contributed by atoms with Crippen LogP contribution in [0.2, 0.25) is 0 Å². The van der Waals surface area contributed by atoms with E-state index in [0.29, 0.717) is 30.4 Å². The monoisotopic (exact) mass is 508 g/mol. The summed E-state index contributed by atoms with van der Waals surface area (Å²) in [5.41, 5.74) is 5.32. The van der Waals surface area contributed by atoms with Crippen LogP contribution in [0.25, 0.3) is 0 Å². The first kappa shape index (κ1) is 23.7. The van der Waals surface area contributed by atoms with Gasteiger partial charge in [0.15, 0.2) is 15.8 Å². The lowest BCUT2D eigenvalue weighted by atomic mass is 9.95. The molecule has 0 aromatic heterocycles. The van der Waals surface area contributed by atoms with Gasteiger partial charge >= 0.3 is 0 Å². The fourth-order valence-electron chi connectivity index (χ4n) is 3.15. The Bertz CT molecular complexity index is 725. The maximum Gasteiger partial charge on any atom is 0.217 e. The molecule has 0 aliphatic carbocycles. The molecule has 1 fully saturated rings. The summed E-state index contributed by atoms with van der Waals surface area (Å²) in [6.45, 7) is 4.41. The van der Waals surface area contributed by atoms with E-state index in [1.165, 1.54) is 0 Å². The second kappa shape index (κ2) is 11.5. The van der Waals surface area contributed by atoms with Crippen molar-refractivity contribution in [2.24, 2.45) is 16.6 Å². The third-order valence-corrected chi connectivity index (χ3v) is 6.08. The second-order valence-electron chi connectivity index (χ2n) is 6.49. The van der Waals surface area contributed by atoms with Crippen LogP contribution in [0.15, 0.2) is 40.2 Å². The molecule has 1 atom stereocenters. The van der Waals surface area contributed by atoms with Crippen molar-refractivity contribution in [3.05, 3.63) is 30.3 Å². The van der Waals surface area contributed by atoms with Gasteiger partial charge in [-0.1, -0.05) is 18.2 Å². The van der Waals surface area contributed by atoms with Crippen LogP contribution in [-0.4, -0.2) is 57.1 Å². The smallest absolute Gasteiger partial charge is 0.217 e. The molecule has 7 nitrogen and oxygen atoms in total. The lowest BCUT2D eigenvalue weighted by molar-refractivity contribution is -0.119. The van der Waals surface area contributed by atoms with Crippen molar-refractivity contribution in [3.8, 4) is 0 Å². The predicted molar refractivity (Wildman–Crippen MR) is 118 cm³/mol. The van der Waals surface area contributed by atoms with Crippen LogP contribution in [0.4, 0.5) is 0 Å². The van der Waals surface area contributed by atoms with Crippen molar-refractivity contribution in [2.45, 2.75) is 31.1 Å². The Balaban J connectivity index is 0.00000364. The van der Waals surface area contributed by atoms with Crippen LogP contribution in [0.3, 0.4) is 0 Å². The molecule has 1 unspecified atom stereocenters. The Kier molecular flexibility index (Phi) is 10.1. The van der Waals surface area contributed by atoms with E-state index in [0.717, 1.165) is 19.4 Å². The molecule has 1 heterocycles. The first-order chi connectivity index (χ1) is 12.4. The van der Waals surface area contributed by atoms with Gasteiger partial charge in [0.2, 0.25) is 5.91 Å². The van der Waals surface area contributed by atoms with Gasteiger partial charge in [0, 0.05) is 26.1 Å². The van der Waals surface area contributed by atoms with E-state index in [2.05, 4.69) is 15.2 Å². The largest absolute Gasteiger partial charge is 0.370 e.